The van der Waals surface area contributed by atoms with Gasteiger partial charge in [0.2, 0.25) is 0 Å². The molecule has 200 valence electrons. The largest absolute Gasteiger partial charge is 0.416 e. The van der Waals surface area contributed by atoms with E-state index in [1.54, 1.807) is 30.3 Å². The number of hydrogen-bond donors (Lipinski definition) is 2. The third kappa shape index (κ3) is 7.56. The van der Waals surface area contributed by atoms with E-state index in [0.717, 1.165) is 23.3 Å². The summed E-state index contributed by atoms with van der Waals surface area (Å²) >= 11 is 6.18. The first-order chi connectivity index (χ1) is 18.6. The number of carbonyl (C=O) groups is 1. The summed E-state index contributed by atoms with van der Waals surface area (Å²) in [5, 5.41) is 14.4. The van der Waals surface area contributed by atoms with Gasteiger partial charge in [-0.25, -0.2) is 4.39 Å². The third-order valence-electron chi connectivity index (χ3n) is 6.18. The van der Waals surface area contributed by atoms with E-state index in [2.05, 4.69) is 5.32 Å². The number of aliphatic hydroxyl groups excluding tert-OH is 1. The normalized spacial score (nSPS) is 13.3. The van der Waals surface area contributed by atoms with Gasteiger partial charge in [0.05, 0.1) is 17.7 Å². The molecule has 39 heavy (non-hydrogen) atoms. The average molecular weight is 554 g/mol. The number of hydrogen-bond acceptors (Lipinski definition) is 2. The van der Waals surface area contributed by atoms with Gasteiger partial charge in [-0.2, -0.15) is 13.2 Å². The van der Waals surface area contributed by atoms with Crippen LogP contribution in [0, 0.1) is 5.82 Å². The van der Waals surface area contributed by atoms with Crippen LogP contribution < -0.4 is 5.32 Å². The van der Waals surface area contributed by atoms with Gasteiger partial charge >= 0.3 is 6.18 Å². The van der Waals surface area contributed by atoms with E-state index in [-0.39, 0.29) is 6.42 Å². The molecule has 4 aromatic rings. The Kier molecular flexibility index (Phi) is 8.84. The first-order valence-electron chi connectivity index (χ1n) is 12.0. The Labute approximate surface area is 228 Å². The second kappa shape index (κ2) is 12.3. The smallest absolute Gasteiger partial charge is 0.386 e. The summed E-state index contributed by atoms with van der Waals surface area (Å²) in [5.41, 5.74) is 2.05. The third-order valence-corrected chi connectivity index (χ3v) is 6.52. The van der Waals surface area contributed by atoms with E-state index >= 15 is 0 Å². The minimum atomic E-state index is -4.48. The van der Waals surface area contributed by atoms with Crippen molar-refractivity contribution in [2.45, 2.75) is 24.7 Å². The lowest BCUT2D eigenvalue weighted by Crippen LogP contribution is -2.41. The SMILES string of the molecule is O=C(NC(Cc1ccc(C(F)(F)F)cc1)C(O)c1ccc(F)cc1)c1ccc(C=Cc2ccccc2Cl)cc1. The lowest BCUT2D eigenvalue weighted by Gasteiger charge is -2.25. The summed E-state index contributed by atoms with van der Waals surface area (Å²) in [6.45, 7) is 0. The fraction of sp³-hybridized carbons (Fsp3) is 0.129. The van der Waals surface area contributed by atoms with Crippen LogP contribution >= 0.6 is 11.6 Å². The second-order valence-electron chi connectivity index (χ2n) is 8.95. The molecule has 0 aliphatic heterocycles. The molecule has 3 nitrogen and oxygen atoms in total. The van der Waals surface area contributed by atoms with Gasteiger partial charge in [-0.1, -0.05) is 78.4 Å². The van der Waals surface area contributed by atoms with Crippen LogP contribution in [-0.4, -0.2) is 17.1 Å². The number of aliphatic hydroxyl groups is 1. The molecule has 0 saturated heterocycles. The van der Waals surface area contributed by atoms with Crippen molar-refractivity contribution in [1.29, 1.82) is 0 Å². The molecule has 0 fully saturated rings. The van der Waals surface area contributed by atoms with Crippen molar-refractivity contribution in [1.82, 2.24) is 5.32 Å². The maximum Gasteiger partial charge on any atom is 0.416 e. The number of carbonyl (C=O) groups excluding carboxylic acids is 1. The van der Waals surface area contributed by atoms with Crippen LogP contribution in [0.2, 0.25) is 5.02 Å². The van der Waals surface area contributed by atoms with Crippen LogP contribution in [0.5, 0.6) is 0 Å². The molecule has 8 heteroatoms. The van der Waals surface area contributed by atoms with Crippen LogP contribution in [-0.2, 0) is 12.6 Å². The Morgan fingerprint density at radius 2 is 1.51 bits per heavy atom. The maximum absolute atomic E-state index is 13.4. The molecule has 0 heterocycles. The number of alkyl halides is 3. The van der Waals surface area contributed by atoms with Crippen molar-refractivity contribution < 1.29 is 27.5 Å². The number of nitrogens with one attached hydrogen (secondary N) is 1. The van der Waals surface area contributed by atoms with Crippen LogP contribution in [0.4, 0.5) is 17.6 Å². The fourth-order valence-corrected chi connectivity index (χ4v) is 4.21. The van der Waals surface area contributed by atoms with Gasteiger partial charge in [0.15, 0.2) is 0 Å². The van der Waals surface area contributed by atoms with Crippen molar-refractivity contribution in [3.8, 4) is 0 Å². The van der Waals surface area contributed by atoms with Gasteiger partial charge in [0.25, 0.3) is 5.91 Å². The minimum absolute atomic E-state index is 0.0427. The monoisotopic (exact) mass is 553 g/mol. The zero-order chi connectivity index (χ0) is 28.0. The second-order valence-corrected chi connectivity index (χ2v) is 9.36. The lowest BCUT2D eigenvalue weighted by atomic mass is 9.95. The van der Waals surface area contributed by atoms with E-state index in [0.29, 0.717) is 21.7 Å². The molecule has 0 aliphatic carbocycles. The maximum atomic E-state index is 13.4. The first kappa shape index (κ1) is 28.1. The van der Waals surface area contributed by atoms with Gasteiger partial charge in [-0.3, -0.25) is 4.79 Å². The van der Waals surface area contributed by atoms with Crippen molar-refractivity contribution in [3.63, 3.8) is 0 Å². The van der Waals surface area contributed by atoms with Crippen molar-refractivity contribution in [2.75, 3.05) is 0 Å². The Morgan fingerprint density at radius 3 is 2.13 bits per heavy atom. The highest BCUT2D eigenvalue weighted by atomic mass is 35.5. The van der Waals surface area contributed by atoms with Crippen LogP contribution in [0.25, 0.3) is 12.2 Å². The Bertz CT molecular complexity index is 1430. The molecule has 4 aromatic carbocycles. The highest BCUT2D eigenvalue weighted by Gasteiger charge is 2.30. The Balaban J connectivity index is 1.52. The molecular formula is C31H24ClF4NO2. The van der Waals surface area contributed by atoms with Crippen molar-refractivity contribution in [2.24, 2.45) is 0 Å². The molecule has 4 rings (SSSR count). The van der Waals surface area contributed by atoms with Crippen molar-refractivity contribution in [3.05, 3.63) is 141 Å². The van der Waals surface area contributed by atoms with Gasteiger partial charge in [0, 0.05) is 10.6 Å². The molecule has 2 unspecified atom stereocenters. The fourth-order valence-electron chi connectivity index (χ4n) is 4.01. The zero-order valence-electron chi connectivity index (χ0n) is 20.5. The summed E-state index contributed by atoms with van der Waals surface area (Å²) in [5.74, 6) is -0.965. The molecule has 0 saturated carbocycles. The molecule has 0 radical (unpaired) electrons. The van der Waals surface area contributed by atoms with E-state index in [1.165, 1.54) is 36.4 Å². The molecule has 0 aliphatic rings. The van der Waals surface area contributed by atoms with Gasteiger partial charge in [-0.15, -0.1) is 0 Å². The molecule has 0 spiro atoms. The molecule has 0 bridgehead atoms. The molecule has 2 atom stereocenters. The van der Waals surface area contributed by atoms with Crippen molar-refractivity contribution >= 4 is 29.7 Å². The predicted molar refractivity (Wildman–Crippen MR) is 145 cm³/mol. The highest BCUT2D eigenvalue weighted by Crippen LogP contribution is 2.30. The first-order valence-corrected chi connectivity index (χ1v) is 12.4. The zero-order valence-corrected chi connectivity index (χ0v) is 21.3. The van der Waals surface area contributed by atoms with Gasteiger partial charge in [-0.05, 0) is 71.1 Å². The van der Waals surface area contributed by atoms with E-state index in [4.69, 9.17) is 11.6 Å². The number of halogens is 5. The van der Waals surface area contributed by atoms with Crippen LogP contribution in [0.15, 0.2) is 97.1 Å². The summed E-state index contributed by atoms with van der Waals surface area (Å²) < 4.78 is 52.3. The number of benzene rings is 4. The quantitative estimate of drug-likeness (QED) is 0.173. The summed E-state index contributed by atoms with van der Waals surface area (Å²) in [7, 11) is 0. The van der Waals surface area contributed by atoms with E-state index < -0.39 is 35.6 Å². The molecular weight excluding hydrogens is 530 g/mol. The van der Waals surface area contributed by atoms with Crippen LogP contribution in [0.1, 0.15) is 44.3 Å². The highest BCUT2D eigenvalue weighted by molar-refractivity contribution is 6.32. The van der Waals surface area contributed by atoms with E-state index in [9.17, 15) is 27.5 Å². The summed E-state index contributed by atoms with van der Waals surface area (Å²) in [6, 6.07) is 22.9. The van der Waals surface area contributed by atoms with Crippen LogP contribution in [0.3, 0.4) is 0 Å². The standard InChI is InChI=1S/C31H24ClF4NO2/c32-27-4-2-1-3-22(27)10-5-20-6-11-24(12-7-20)30(39)37-28(29(38)23-13-17-26(33)18-14-23)19-21-8-15-25(16-9-21)31(34,35)36/h1-18,28-29,38H,19H2,(H,37,39). The number of rotatable bonds is 8. The van der Waals surface area contributed by atoms with E-state index in [1.807, 2.05) is 30.4 Å². The predicted octanol–water partition coefficient (Wildman–Crippen LogP) is 7.74. The topological polar surface area (TPSA) is 49.3 Å². The Morgan fingerprint density at radius 1 is 0.872 bits per heavy atom. The molecule has 1 amide bonds. The summed E-state index contributed by atoms with van der Waals surface area (Å²) in [4.78, 5) is 13.1. The van der Waals surface area contributed by atoms with Gasteiger partial charge in [0.1, 0.15) is 5.82 Å². The number of amides is 1. The van der Waals surface area contributed by atoms with Gasteiger partial charge < -0.3 is 10.4 Å². The molecule has 2 N–H and O–H groups in total. The minimum Gasteiger partial charge on any atom is -0.386 e. The summed E-state index contributed by atoms with van der Waals surface area (Å²) in [6.07, 6.45) is -1.96. The molecule has 0 aromatic heterocycles. The Hall–Kier alpha value is -3.94. The average Bonchev–Trinajstić information content (AvgIpc) is 2.92. The lowest BCUT2D eigenvalue weighted by molar-refractivity contribution is -0.137.